The minimum absolute atomic E-state index is 0.185. The van der Waals surface area contributed by atoms with Gasteiger partial charge >= 0.3 is 0 Å². The molecule has 1 amide bonds. The van der Waals surface area contributed by atoms with Crippen molar-refractivity contribution in [2.24, 2.45) is 0 Å². The highest BCUT2D eigenvalue weighted by atomic mass is 127. The smallest absolute Gasteiger partial charge is 0.256 e. The summed E-state index contributed by atoms with van der Waals surface area (Å²) in [6.45, 7) is 3.43. The molecule has 1 aromatic carbocycles. The summed E-state index contributed by atoms with van der Waals surface area (Å²) in [5, 5.41) is 3.45. The van der Waals surface area contributed by atoms with Crippen LogP contribution >= 0.6 is 34.2 Å². The van der Waals surface area contributed by atoms with Crippen LogP contribution in [0.1, 0.15) is 13.8 Å². The Morgan fingerprint density at radius 2 is 2.12 bits per heavy atom. The summed E-state index contributed by atoms with van der Waals surface area (Å²) in [5.74, 6) is -0.185. The zero-order chi connectivity index (χ0) is 12.3. The summed E-state index contributed by atoms with van der Waals surface area (Å²) >= 11 is 7.95. The summed E-state index contributed by atoms with van der Waals surface area (Å²) in [6.07, 6.45) is 0. The standard InChI is InChI=1S/C11H13ClINO2/c1-11(2,16-3)10(15)14-9-5-4-7(12)6-8(9)13/h4-6H,1-3H3,(H,14,15). The van der Waals surface area contributed by atoms with Crippen LogP contribution in [0.3, 0.4) is 0 Å². The predicted octanol–water partition coefficient (Wildman–Crippen LogP) is 3.31. The molecule has 0 aliphatic heterocycles. The van der Waals surface area contributed by atoms with Crippen molar-refractivity contribution in [2.45, 2.75) is 19.4 Å². The minimum atomic E-state index is -0.845. The van der Waals surface area contributed by atoms with Gasteiger partial charge in [0.15, 0.2) is 0 Å². The molecule has 0 spiro atoms. The van der Waals surface area contributed by atoms with E-state index < -0.39 is 5.60 Å². The van der Waals surface area contributed by atoms with Crippen LogP contribution in [0.5, 0.6) is 0 Å². The van der Waals surface area contributed by atoms with Crippen LogP contribution in [0.2, 0.25) is 5.02 Å². The van der Waals surface area contributed by atoms with E-state index in [4.69, 9.17) is 16.3 Å². The molecule has 0 fully saturated rings. The van der Waals surface area contributed by atoms with E-state index in [2.05, 4.69) is 27.9 Å². The number of hydrogen-bond donors (Lipinski definition) is 1. The van der Waals surface area contributed by atoms with Gasteiger partial charge in [0.05, 0.1) is 5.69 Å². The van der Waals surface area contributed by atoms with Gasteiger partial charge in [-0.05, 0) is 54.6 Å². The fraction of sp³-hybridized carbons (Fsp3) is 0.364. The van der Waals surface area contributed by atoms with E-state index in [1.165, 1.54) is 7.11 Å². The van der Waals surface area contributed by atoms with E-state index in [1.54, 1.807) is 32.0 Å². The van der Waals surface area contributed by atoms with E-state index in [1.807, 2.05) is 0 Å². The van der Waals surface area contributed by atoms with Gasteiger partial charge in [-0.25, -0.2) is 0 Å². The molecule has 0 unspecified atom stereocenters. The maximum absolute atomic E-state index is 11.8. The highest BCUT2D eigenvalue weighted by molar-refractivity contribution is 14.1. The van der Waals surface area contributed by atoms with E-state index in [0.717, 1.165) is 9.26 Å². The van der Waals surface area contributed by atoms with Gasteiger partial charge < -0.3 is 10.1 Å². The van der Waals surface area contributed by atoms with Gasteiger partial charge in [-0.1, -0.05) is 11.6 Å². The molecular weight excluding hydrogens is 340 g/mol. The molecule has 0 saturated carbocycles. The maximum Gasteiger partial charge on any atom is 0.256 e. The molecule has 1 rings (SSSR count). The van der Waals surface area contributed by atoms with Crippen molar-refractivity contribution in [3.63, 3.8) is 0 Å². The lowest BCUT2D eigenvalue weighted by atomic mass is 10.1. The number of hydrogen-bond acceptors (Lipinski definition) is 2. The summed E-state index contributed by atoms with van der Waals surface area (Å²) < 4.78 is 5.99. The van der Waals surface area contributed by atoms with Crippen molar-refractivity contribution in [3.05, 3.63) is 26.8 Å². The molecule has 0 aliphatic rings. The molecule has 0 radical (unpaired) electrons. The van der Waals surface area contributed by atoms with Crippen molar-refractivity contribution in [2.75, 3.05) is 12.4 Å². The fourth-order valence-electron chi connectivity index (χ4n) is 0.956. The topological polar surface area (TPSA) is 38.3 Å². The third kappa shape index (κ3) is 3.33. The first-order valence-corrected chi connectivity index (χ1v) is 6.14. The van der Waals surface area contributed by atoms with Gasteiger partial charge in [0, 0.05) is 15.7 Å². The molecular formula is C11H13ClINO2. The highest BCUT2D eigenvalue weighted by Crippen LogP contribution is 2.23. The second-order valence-corrected chi connectivity index (χ2v) is 5.39. The molecule has 5 heteroatoms. The molecule has 0 atom stereocenters. The Bertz CT molecular complexity index is 407. The average Bonchev–Trinajstić information content (AvgIpc) is 2.22. The second kappa shape index (κ2) is 5.33. The Balaban J connectivity index is 2.85. The zero-order valence-electron chi connectivity index (χ0n) is 9.30. The number of ether oxygens (including phenoxy) is 1. The molecule has 88 valence electrons. The van der Waals surface area contributed by atoms with Crippen LogP contribution in [0.25, 0.3) is 0 Å². The molecule has 0 aliphatic carbocycles. The van der Waals surface area contributed by atoms with Crippen molar-refractivity contribution in [3.8, 4) is 0 Å². The lowest BCUT2D eigenvalue weighted by molar-refractivity contribution is -0.133. The first kappa shape index (κ1) is 13.7. The molecule has 0 saturated heterocycles. The Morgan fingerprint density at radius 3 is 2.62 bits per heavy atom. The molecule has 3 nitrogen and oxygen atoms in total. The molecule has 1 N–H and O–H groups in total. The van der Waals surface area contributed by atoms with Crippen LogP contribution in [0.15, 0.2) is 18.2 Å². The van der Waals surface area contributed by atoms with Crippen molar-refractivity contribution in [1.82, 2.24) is 0 Å². The quantitative estimate of drug-likeness (QED) is 0.847. The second-order valence-electron chi connectivity index (χ2n) is 3.79. The molecule has 0 bridgehead atoms. The number of nitrogens with one attached hydrogen (secondary N) is 1. The van der Waals surface area contributed by atoms with Crippen molar-refractivity contribution in [1.29, 1.82) is 0 Å². The van der Waals surface area contributed by atoms with E-state index in [-0.39, 0.29) is 5.91 Å². The Kier molecular flexibility index (Phi) is 4.58. The van der Waals surface area contributed by atoms with Crippen LogP contribution < -0.4 is 5.32 Å². The van der Waals surface area contributed by atoms with E-state index >= 15 is 0 Å². The summed E-state index contributed by atoms with van der Waals surface area (Å²) in [4.78, 5) is 11.8. The molecule has 0 heterocycles. The van der Waals surface area contributed by atoms with E-state index in [9.17, 15) is 4.79 Å². The number of methoxy groups -OCH3 is 1. The molecule has 16 heavy (non-hydrogen) atoms. The normalized spacial score (nSPS) is 11.3. The largest absolute Gasteiger partial charge is 0.369 e. The van der Waals surface area contributed by atoms with Gasteiger partial charge in [0.1, 0.15) is 5.60 Å². The Morgan fingerprint density at radius 1 is 1.50 bits per heavy atom. The number of amides is 1. The van der Waals surface area contributed by atoms with Crippen molar-refractivity contribution >= 4 is 45.8 Å². The highest BCUT2D eigenvalue weighted by Gasteiger charge is 2.27. The number of halogens is 2. The molecule has 0 aromatic heterocycles. The number of carbonyl (C=O) groups is 1. The number of benzene rings is 1. The summed E-state index contributed by atoms with van der Waals surface area (Å²) in [5.41, 5.74) is -0.108. The van der Waals surface area contributed by atoms with Crippen LogP contribution in [0.4, 0.5) is 5.69 Å². The fourth-order valence-corrected chi connectivity index (χ4v) is 1.96. The first-order chi connectivity index (χ1) is 7.36. The first-order valence-electron chi connectivity index (χ1n) is 4.68. The lowest BCUT2D eigenvalue weighted by Gasteiger charge is -2.22. The molecule has 1 aromatic rings. The van der Waals surface area contributed by atoms with Gasteiger partial charge in [-0.15, -0.1) is 0 Å². The zero-order valence-corrected chi connectivity index (χ0v) is 12.2. The van der Waals surface area contributed by atoms with Crippen LogP contribution in [-0.2, 0) is 9.53 Å². The Hall–Kier alpha value is -0.330. The average molecular weight is 354 g/mol. The van der Waals surface area contributed by atoms with Gasteiger partial charge in [0.25, 0.3) is 5.91 Å². The number of rotatable bonds is 3. The van der Waals surface area contributed by atoms with E-state index in [0.29, 0.717) is 5.02 Å². The SMILES string of the molecule is COC(C)(C)C(=O)Nc1ccc(Cl)cc1I. The monoisotopic (exact) mass is 353 g/mol. The number of carbonyl (C=O) groups excluding carboxylic acids is 1. The van der Waals surface area contributed by atoms with Crippen molar-refractivity contribution < 1.29 is 9.53 Å². The third-order valence-corrected chi connectivity index (χ3v) is 3.36. The van der Waals surface area contributed by atoms with Gasteiger partial charge in [-0.2, -0.15) is 0 Å². The van der Waals surface area contributed by atoms with Crippen LogP contribution in [-0.4, -0.2) is 18.6 Å². The number of anilines is 1. The third-order valence-electron chi connectivity index (χ3n) is 2.24. The van der Waals surface area contributed by atoms with Gasteiger partial charge in [-0.3, -0.25) is 4.79 Å². The maximum atomic E-state index is 11.8. The summed E-state index contributed by atoms with van der Waals surface area (Å²) in [7, 11) is 1.51. The van der Waals surface area contributed by atoms with Crippen LogP contribution in [0, 0.1) is 3.57 Å². The lowest BCUT2D eigenvalue weighted by Crippen LogP contribution is -2.38. The summed E-state index contributed by atoms with van der Waals surface area (Å²) in [6, 6.07) is 5.30. The Labute approximate surface area is 114 Å². The van der Waals surface area contributed by atoms with Gasteiger partial charge in [0.2, 0.25) is 0 Å². The predicted molar refractivity (Wildman–Crippen MR) is 73.9 cm³/mol. The minimum Gasteiger partial charge on any atom is -0.369 e.